The van der Waals surface area contributed by atoms with E-state index in [0.717, 1.165) is 57.8 Å². The maximum absolute atomic E-state index is 12.0. The topological polar surface area (TPSA) is 83.0 Å². The van der Waals surface area contributed by atoms with Crippen LogP contribution in [0.4, 0.5) is 0 Å². The summed E-state index contributed by atoms with van der Waals surface area (Å²) in [6, 6.07) is 0. The van der Waals surface area contributed by atoms with Gasteiger partial charge in [-0.15, -0.1) is 24.0 Å². The average Bonchev–Trinajstić information content (AvgIpc) is 2.56. The molecule has 0 radical (unpaired) electrons. The van der Waals surface area contributed by atoms with Crippen LogP contribution >= 0.6 is 24.0 Å². The normalized spacial score (nSPS) is 19.5. The molecule has 1 heterocycles. The summed E-state index contributed by atoms with van der Waals surface area (Å²) in [5.41, 5.74) is 0. The molecule has 1 aliphatic heterocycles. The molecule has 2 aliphatic rings. The molecule has 26 heavy (non-hydrogen) atoms. The molecule has 0 atom stereocenters. The van der Waals surface area contributed by atoms with Crippen molar-refractivity contribution in [3.63, 3.8) is 0 Å². The molecule has 0 aromatic rings. The van der Waals surface area contributed by atoms with Crippen LogP contribution in [-0.4, -0.2) is 72.0 Å². The first-order chi connectivity index (χ1) is 12.0. The van der Waals surface area contributed by atoms with E-state index in [2.05, 4.69) is 19.9 Å². The van der Waals surface area contributed by atoms with Gasteiger partial charge in [0.2, 0.25) is 10.0 Å². The van der Waals surface area contributed by atoms with Crippen molar-refractivity contribution in [3.8, 4) is 0 Å². The third kappa shape index (κ3) is 8.71. The molecule has 0 aromatic carbocycles. The number of rotatable bonds is 9. The molecule has 1 saturated heterocycles. The van der Waals surface area contributed by atoms with Gasteiger partial charge in [0.15, 0.2) is 5.96 Å². The Balaban J connectivity index is 0.00000338. The Morgan fingerprint density at radius 1 is 1.19 bits per heavy atom. The second-order valence-electron chi connectivity index (χ2n) is 7.20. The highest BCUT2D eigenvalue weighted by Gasteiger charge is 2.20. The third-order valence-electron chi connectivity index (χ3n) is 5.26. The Morgan fingerprint density at radius 2 is 1.88 bits per heavy atom. The molecule has 154 valence electrons. The van der Waals surface area contributed by atoms with Gasteiger partial charge in [-0.3, -0.25) is 4.99 Å². The quantitative estimate of drug-likeness (QED) is 0.285. The van der Waals surface area contributed by atoms with E-state index in [1.807, 2.05) is 7.05 Å². The number of aliphatic imine (C=N–C) groups is 1. The van der Waals surface area contributed by atoms with E-state index in [1.54, 1.807) is 7.05 Å². The molecule has 1 aliphatic carbocycles. The number of sulfonamides is 1. The van der Waals surface area contributed by atoms with Gasteiger partial charge in [0.1, 0.15) is 0 Å². The van der Waals surface area contributed by atoms with Crippen LogP contribution in [0.1, 0.15) is 38.5 Å². The van der Waals surface area contributed by atoms with Crippen molar-refractivity contribution < 1.29 is 13.2 Å². The number of ether oxygens (including phenoxy) is 1. The van der Waals surface area contributed by atoms with Gasteiger partial charge in [-0.05, 0) is 43.9 Å². The lowest BCUT2D eigenvalue weighted by molar-refractivity contribution is 0.0625. The Bertz CT molecular complexity index is 520. The van der Waals surface area contributed by atoms with Crippen LogP contribution in [0.5, 0.6) is 0 Å². The lowest BCUT2D eigenvalue weighted by Gasteiger charge is -2.27. The standard InChI is InChI=1S/C17H34N4O3S.HI/c1-18-17(21(2)10-6-15-7-11-24-12-8-15)19-9-13-25(22,23)20-14-16-4-3-5-16;/h15-16,20H,3-14H2,1-2H3,(H,18,19);1H. The van der Waals surface area contributed by atoms with Crippen LogP contribution in [0.25, 0.3) is 0 Å². The van der Waals surface area contributed by atoms with Crippen molar-refractivity contribution >= 4 is 40.0 Å². The molecule has 2 fully saturated rings. The van der Waals surface area contributed by atoms with Crippen molar-refractivity contribution in [2.75, 3.05) is 52.7 Å². The molecule has 0 unspecified atom stereocenters. The molecule has 0 bridgehead atoms. The van der Waals surface area contributed by atoms with Crippen molar-refractivity contribution in [2.45, 2.75) is 38.5 Å². The van der Waals surface area contributed by atoms with Gasteiger partial charge in [-0.1, -0.05) is 6.42 Å². The summed E-state index contributed by atoms with van der Waals surface area (Å²) in [6.07, 6.45) is 6.89. The molecule has 7 nitrogen and oxygen atoms in total. The molecule has 9 heteroatoms. The summed E-state index contributed by atoms with van der Waals surface area (Å²) in [4.78, 5) is 6.33. The minimum absolute atomic E-state index is 0. The fraction of sp³-hybridized carbons (Fsp3) is 0.941. The number of hydrogen-bond donors (Lipinski definition) is 2. The smallest absolute Gasteiger partial charge is 0.213 e. The number of hydrogen-bond acceptors (Lipinski definition) is 4. The molecule has 2 N–H and O–H groups in total. The number of nitrogens with one attached hydrogen (secondary N) is 2. The van der Waals surface area contributed by atoms with Crippen molar-refractivity contribution in [2.24, 2.45) is 16.8 Å². The van der Waals surface area contributed by atoms with Gasteiger partial charge in [0.25, 0.3) is 0 Å². The maximum atomic E-state index is 12.0. The zero-order chi connectivity index (χ0) is 18.1. The van der Waals surface area contributed by atoms with E-state index in [9.17, 15) is 8.42 Å². The first-order valence-electron chi connectivity index (χ1n) is 9.47. The van der Waals surface area contributed by atoms with Gasteiger partial charge in [0, 0.05) is 46.9 Å². The molecule has 1 saturated carbocycles. The fourth-order valence-corrected chi connectivity index (χ4v) is 4.22. The molecule has 0 amide bonds. The van der Waals surface area contributed by atoms with Gasteiger partial charge in [-0.2, -0.15) is 0 Å². The van der Waals surface area contributed by atoms with Crippen LogP contribution in [0, 0.1) is 11.8 Å². The van der Waals surface area contributed by atoms with Crippen LogP contribution in [0.2, 0.25) is 0 Å². The van der Waals surface area contributed by atoms with Crippen LogP contribution in [0.3, 0.4) is 0 Å². The van der Waals surface area contributed by atoms with Gasteiger partial charge in [0.05, 0.1) is 5.75 Å². The van der Waals surface area contributed by atoms with E-state index in [4.69, 9.17) is 4.74 Å². The van der Waals surface area contributed by atoms with Crippen LogP contribution < -0.4 is 10.0 Å². The number of nitrogens with zero attached hydrogens (tertiary/aromatic N) is 2. The second kappa shape index (κ2) is 12.4. The number of halogens is 1. The summed E-state index contributed by atoms with van der Waals surface area (Å²) in [5, 5.41) is 3.16. The second-order valence-corrected chi connectivity index (χ2v) is 9.13. The van der Waals surface area contributed by atoms with Crippen LogP contribution in [0.15, 0.2) is 4.99 Å². The fourth-order valence-electron chi connectivity index (χ4n) is 3.21. The lowest BCUT2D eigenvalue weighted by Crippen LogP contribution is -2.43. The average molecular weight is 502 g/mol. The Kier molecular flexibility index (Phi) is 11.4. The summed E-state index contributed by atoms with van der Waals surface area (Å²) >= 11 is 0. The summed E-state index contributed by atoms with van der Waals surface area (Å²) < 4.78 is 32.2. The Labute approximate surface area is 175 Å². The molecular formula is C17H35IN4O3S. The van der Waals surface area contributed by atoms with Crippen molar-refractivity contribution in [1.82, 2.24) is 14.9 Å². The third-order valence-corrected chi connectivity index (χ3v) is 6.61. The van der Waals surface area contributed by atoms with Gasteiger partial charge >= 0.3 is 0 Å². The zero-order valence-electron chi connectivity index (χ0n) is 16.1. The predicted molar refractivity (Wildman–Crippen MR) is 117 cm³/mol. The SMILES string of the molecule is CN=C(NCCS(=O)(=O)NCC1CCC1)N(C)CCC1CCOCC1.I. The highest BCUT2D eigenvalue weighted by molar-refractivity contribution is 14.0. The maximum Gasteiger partial charge on any atom is 0.213 e. The largest absolute Gasteiger partial charge is 0.381 e. The highest BCUT2D eigenvalue weighted by atomic mass is 127. The van der Waals surface area contributed by atoms with E-state index in [1.165, 1.54) is 6.42 Å². The van der Waals surface area contributed by atoms with E-state index in [0.29, 0.717) is 24.9 Å². The van der Waals surface area contributed by atoms with Gasteiger partial charge in [-0.25, -0.2) is 13.1 Å². The number of guanidine groups is 1. The van der Waals surface area contributed by atoms with Crippen LogP contribution in [-0.2, 0) is 14.8 Å². The monoisotopic (exact) mass is 502 g/mol. The lowest BCUT2D eigenvalue weighted by atomic mass is 9.86. The van der Waals surface area contributed by atoms with Crippen molar-refractivity contribution in [3.05, 3.63) is 0 Å². The highest BCUT2D eigenvalue weighted by Crippen LogP contribution is 2.25. The first kappa shape index (κ1) is 23.9. The van der Waals surface area contributed by atoms with E-state index in [-0.39, 0.29) is 29.7 Å². The summed E-state index contributed by atoms with van der Waals surface area (Å²) in [7, 11) is 0.519. The molecular weight excluding hydrogens is 467 g/mol. The summed E-state index contributed by atoms with van der Waals surface area (Å²) in [6.45, 7) is 3.60. The first-order valence-corrected chi connectivity index (χ1v) is 11.1. The van der Waals surface area contributed by atoms with Crippen molar-refractivity contribution in [1.29, 1.82) is 0 Å². The van der Waals surface area contributed by atoms with E-state index >= 15 is 0 Å². The minimum Gasteiger partial charge on any atom is -0.381 e. The summed E-state index contributed by atoms with van der Waals surface area (Å²) in [5.74, 6) is 2.07. The molecule has 0 aromatic heterocycles. The Hall–Kier alpha value is -0.130. The molecule has 2 rings (SSSR count). The van der Waals surface area contributed by atoms with Gasteiger partial charge < -0.3 is 15.0 Å². The zero-order valence-corrected chi connectivity index (χ0v) is 19.2. The molecule has 0 spiro atoms. The minimum atomic E-state index is -3.21. The van der Waals surface area contributed by atoms with E-state index < -0.39 is 10.0 Å². The Morgan fingerprint density at radius 3 is 2.46 bits per heavy atom. The predicted octanol–water partition coefficient (Wildman–Crippen LogP) is 1.65.